The lowest BCUT2D eigenvalue weighted by molar-refractivity contribution is -0.133. The number of carbonyl (C=O) groups excluding carboxylic acids is 1. The molecule has 1 heterocycles. The van der Waals surface area contributed by atoms with Gasteiger partial charge in [-0.1, -0.05) is 36.4 Å². The summed E-state index contributed by atoms with van der Waals surface area (Å²) < 4.78 is 26.9. The Bertz CT molecular complexity index is 810. The second-order valence-electron chi connectivity index (χ2n) is 7.89. The summed E-state index contributed by atoms with van der Waals surface area (Å²) in [6.45, 7) is 2.81. The summed E-state index contributed by atoms with van der Waals surface area (Å²) in [6, 6.07) is 12.9. The number of allylic oxidation sites excluding steroid dienone is 2. The summed E-state index contributed by atoms with van der Waals surface area (Å²) in [5.41, 5.74) is 1.93. The van der Waals surface area contributed by atoms with Gasteiger partial charge in [-0.15, -0.1) is 0 Å². The molecule has 1 aliphatic heterocycles. The zero-order valence-corrected chi connectivity index (χ0v) is 16.4. The lowest BCUT2D eigenvalue weighted by atomic mass is 9.96. The SMILES string of the molecule is O=C(C[C@H]1C=CCC1)N1CCN(C(c2ccc(F)cc2)c2ccc(F)cc2)CC1. The van der Waals surface area contributed by atoms with E-state index in [0.29, 0.717) is 25.4 Å². The Hall–Kier alpha value is -2.53. The predicted octanol–water partition coefficient (Wildman–Crippen LogP) is 4.55. The fourth-order valence-electron chi connectivity index (χ4n) is 4.35. The Morgan fingerprint density at radius 1 is 0.897 bits per heavy atom. The van der Waals surface area contributed by atoms with Gasteiger partial charge in [0, 0.05) is 32.6 Å². The maximum absolute atomic E-state index is 13.4. The van der Waals surface area contributed by atoms with E-state index in [9.17, 15) is 13.6 Å². The van der Waals surface area contributed by atoms with Crippen molar-refractivity contribution >= 4 is 5.91 Å². The first-order valence-electron chi connectivity index (χ1n) is 10.3. The maximum Gasteiger partial charge on any atom is 0.223 e. The molecule has 0 N–H and O–H groups in total. The van der Waals surface area contributed by atoms with Crippen LogP contribution in [-0.4, -0.2) is 41.9 Å². The van der Waals surface area contributed by atoms with E-state index in [1.165, 1.54) is 24.3 Å². The van der Waals surface area contributed by atoms with Gasteiger partial charge in [0.2, 0.25) is 5.91 Å². The van der Waals surface area contributed by atoms with E-state index in [4.69, 9.17) is 0 Å². The largest absolute Gasteiger partial charge is 0.340 e. The van der Waals surface area contributed by atoms with Crippen molar-refractivity contribution in [2.45, 2.75) is 25.3 Å². The van der Waals surface area contributed by atoms with Crippen molar-refractivity contribution in [3.05, 3.63) is 83.4 Å². The molecule has 0 aromatic heterocycles. The van der Waals surface area contributed by atoms with Gasteiger partial charge >= 0.3 is 0 Å². The average Bonchev–Trinajstić information content (AvgIpc) is 3.24. The molecule has 0 radical (unpaired) electrons. The van der Waals surface area contributed by atoms with Crippen molar-refractivity contribution in [2.75, 3.05) is 26.2 Å². The minimum Gasteiger partial charge on any atom is -0.340 e. The first-order valence-corrected chi connectivity index (χ1v) is 10.3. The number of benzene rings is 2. The molecule has 0 spiro atoms. The van der Waals surface area contributed by atoms with E-state index >= 15 is 0 Å². The number of rotatable bonds is 5. The zero-order chi connectivity index (χ0) is 20.2. The minimum absolute atomic E-state index is 0.0915. The van der Waals surface area contributed by atoms with Crippen LogP contribution in [0.4, 0.5) is 8.78 Å². The van der Waals surface area contributed by atoms with Gasteiger partial charge < -0.3 is 4.90 Å². The van der Waals surface area contributed by atoms with E-state index in [2.05, 4.69) is 17.1 Å². The van der Waals surface area contributed by atoms with Crippen LogP contribution in [0.1, 0.15) is 36.4 Å². The van der Waals surface area contributed by atoms with E-state index in [1.54, 1.807) is 24.3 Å². The summed E-state index contributed by atoms with van der Waals surface area (Å²) >= 11 is 0. The predicted molar refractivity (Wildman–Crippen MR) is 109 cm³/mol. The number of halogens is 2. The molecule has 3 nitrogen and oxygen atoms in total. The first kappa shape index (κ1) is 19.8. The van der Waals surface area contributed by atoms with Crippen LogP contribution in [0.15, 0.2) is 60.7 Å². The molecule has 2 aliphatic rings. The van der Waals surface area contributed by atoms with Crippen LogP contribution in [-0.2, 0) is 4.79 Å². The Labute approximate surface area is 170 Å². The molecular formula is C24H26F2N2O. The van der Waals surface area contributed by atoms with E-state index in [1.807, 2.05) is 4.90 Å². The Kier molecular flexibility index (Phi) is 6.05. The van der Waals surface area contributed by atoms with Crippen molar-refractivity contribution in [1.29, 1.82) is 0 Å². The van der Waals surface area contributed by atoms with Crippen molar-refractivity contribution in [1.82, 2.24) is 9.80 Å². The van der Waals surface area contributed by atoms with Crippen molar-refractivity contribution < 1.29 is 13.6 Å². The van der Waals surface area contributed by atoms with Crippen LogP contribution in [0.25, 0.3) is 0 Å². The highest BCUT2D eigenvalue weighted by Crippen LogP contribution is 2.30. The van der Waals surface area contributed by atoms with Gasteiger partial charge in [-0.3, -0.25) is 9.69 Å². The highest BCUT2D eigenvalue weighted by atomic mass is 19.1. The molecule has 1 saturated heterocycles. The van der Waals surface area contributed by atoms with E-state index in [-0.39, 0.29) is 23.6 Å². The maximum atomic E-state index is 13.4. The Morgan fingerprint density at radius 2 is 1.45 bits per heavy atom. The van der Waals surface area contributed by atoms with E-state index < -0.39 is 0 Å². The lowest BCUT2D eigenvalue weighted by Crippen LogP contribution is -2.50. The van der Waals surface area contributed by atoms with Gasteiger partial charge in [-0.25, -0.2) is 8.78 Å². The normalized spacial score (nSPS) is 19.8. The molecule has 0 unspecified atom stereocenters. The van der Waals surface area contributed by atoms with Crippen LogP contribution in [0, 0.1) is 17.6 Å². The van der Waals surface area contributed by atoms with Gasteiger partial charge in [-0.05, 0) is 54.2 Å². The van der Waals surface area contributed by atoms with Gasteiger partial charge in [0.1, 0.15) is 11.6 Å². The standard InChI is InChI=1S/C24H26F2N2O/c25-21-9-5-19(6-10-21)24(20-7-11-22(26)12-8-20)28-15-13-27(14-16-28)23(29)17-18-3-1-2-4-18/h1,3,5-12,18,24H,2,4,13-17H2/t18-/m0/s1. The molecule has 2 aromatic carbocycles. The fourth-order valence-corrected chi connectivity index (χ4v) is 4.35. The topological polar surface area (TPSA) is 23.6 Å². The van der Waals surface area contributed by atoms with Crippen molar-refractivity contribution in [3.8, 4) is 0 Å². The molecule has 5 heteroatoms. The van der Waals surface area contributed by atoms with Gasteiger partial charge in [0.25, 0.3) is 0 Å². The number of amides is 1. The third-order valence-corrected chi connectivity index (χ3v) is 5.95. The third-order valence-electron chi connectivity index (χ3n) is 5.95. The Morgan fingerprint density at radius 3 is 1.93 bits per heavy atom. The zero-order valence-electron chi connectivity index (χ0n) is 16.4. The first-order chi connectivity index (χ1) is 14.1. The summed E-state index contributed by atoms with van der Waals surface area (Å²) in [5.74, 6) is 0.0546. The van der Waals surface area contributed by atoms with Crippen LogP contribution >= 0.6 is 0 Å². The minimum atomic E-state index is -0.275. The summed E-state index contributed by atoms with van der Waals surface area (Å²) in [7, 11) is 0. The van der Waals surface area contributed by atoms with Crippen molar-refractivity contribution in [2.24, 2.45) is 5.92 Å². The molecule has 1 fully saturated rings. The summed E-state index contributed by atoms with van der Waals surface area (Å²) in [4.78, 5) is 16.9. The van der Waals surface area contributed by atoms with Crippen LogP contribution < -0.4 is 0 Å². The molecule has 4 rings (SSSR count). The highest BCUT2D eigenvalue weighted by molar-refractivity contribution is 5.76. The molecule has 0 bridgehead atoms. The van der Waals surface area contributed by atoms with Crippen LogP contribution in [0.5, 0.6) is 0 Å². The third kappa shape index (κ3) is 4.73. The molecule has 1 aliphatic carbocycles. The van der Waals surface area contributed by atoms with Gasteiger partial charge in [-0.2, -0.15) is 0 Å². The number of carbonyl (C=O) groups is 1. The van der Waals surface area contributed by atoms with Crippen molar-refractivity contribution in [3.63, 3.8) is 0 Å². The number of piperazine rings is 1. The molecule has 29 heavy (non-hydrogen) atoms. The Balaban J connectivity index is 1.47. The summed E-state index contributed by atoms with van der Waals surface area (Å²) in [5, 5.41) is 0. The monoisotopic (exact) mass is 396 g/mol. The van der Waals surface area contributed by atoms with Gasteiger partial charge in [0.05, 0.1) is 6.04 Å². The molecule has 2 aromatic rings. The van der Waals surface area contributed by atoms with E-state index in [0.717, 1.165) is 37.1 Å². The fraction of sp³-hybridized carbons (Fsp3) is 0.375. The average molecular weight is 396 g/mol. The molecule has 1 atom stereocenters. The highest BCUT2D eigenvalue weighted by Gasteiger charge is 2.29. The molecule has 152 valence electrons. The second-order valence-corrected chi connectivity index (χ2v) is 7.89. The van der Waals surface area contributed by atoms with Gasteiger partial charge in [0.15, 0.2) is 0 Å². The van der Waals surface area contributed by atoms with Crippen LogP contribution in [0.3, 0.4) is 0 Å². The van der Waals surface area contributed by atoms with Crippen LogP contribution in [0.2, 0.25) is 0 Å². The molecule has 1 amide bonds. The number of hydrogen-bond donors (Lipinski definition) is 0. The number of hydrogen-bond acceptors (Lipinski definition) is 2. The lowest BCUT2D eigenvalue weighted by Gasteiger charge is -2.40. The number of nitrogens with zero attached hydrogens (tertiary/aromatic N) is 2. The quantitative estimate of drug-likeness (QED) is 0.692. The molecule has 0 saturated carbocycles. The summed E-state index contributed by atoms with van der Waals surface area (Å²) in [6.07, 6.45) is 7.06. The molecular weight excluding hydrogens is 370 g/mol. The second kappa shape index (κ2) is 8.87. The smallest absolute Gasteiger partial charge is 0.223 e.